The minimum Gasteiger partial charge on any atom is -0.469 e. The van der Waals surface area contributed by atoms with E-state index in [4.69, 9.17) is 10.5 Å². The van der Waals surface area contributed by atoms with E-state index in [2.05, 4.69) is 10.2 Å². The first-order chi connectivity index (χ1) is 9.40. The summed E-state index contributed by atoms with van der Waals surface area (Å²) in [5, 5.41) is 0. The number of nitrogens with one attached hydrogen (secondary N) is 1. The molecule has 0 atom stereocenters. The fourth-order valence-corrected chi connectivity index (χ4v) is 1.70. The highest BCUT2D eigenvalue weighted by atomic mass is 16.5. The quantitative estimate of drug-likeness (QED) is 0.755. The minimum atomic E-state index is -0.815. The lowest BCUT2D eigenvalue weighted by Gasteiger charge is -2.10. The van der Waals surface area contributed by atoms with Crippen molar-refractivity contribution in [3.8, 4) is 0 Å². The van der Waals surface area contributed by atoms with Gasteiger partial charge in [0.25, 0.3) is 0 Å². The van der Waals surface area contributed by atoms with Gasteiger partial charge in [0.05, 0.1) is 37.1 Å². The second kappa shape index (κ2) is 6.60. The maximum absolute atomic E-state index is 11.8. The van der Waals surface area contributed by atoms with Crippen molar-refractivity contribution in [2.45, 2.75) is 20.3 Å². The van der Waals surface area contributed by atoms with E-state index in [1.807, 2.05) is 0 Å². The largest absolute Gasteiger partial charge is 0.469 e. The molecule has 1 rings (SSSR count). The zero-order chi connectivity index (χ0) is 15.3. The molecule has 20 heavy (non-hydrogen) atoms. The number of carbonyl (C=O) groups is 3. The Labute approximate surface area is 115 Å². The molecular weight excluding hydrogens is 266 g/mol. The Kier molecular flexibility index (Phi) is 5.13. The van der Waals surface area contributed by atoms with Crippen molar-refractivity contribution in [3.05, 3.63) is 23.0 Å². The number of carbonyl (C=O) groups excluding carboxylic acids is 3. The van der Waals surface area contributed by atoms with Crippen molar-refractivity contribution in [2.75, 3.05) is 19.1 Å². The highest BCUT2D eigenvalue weighted by Crippen LogP contribution is 2.16. The zero-order valence-corrected chi connectivity index (χ0v) is 11.6. The third kappa shape index (κ3) is 3.50. The van der Waals surface area contributed by atoms with Crippen molar-refractivity contribution < 1.29 is 23.9 Å². The predicted molar refractivity (Wildman–Crippen MR) is 69.8 cm³/mol. The van der Waals surface area contributed by atoms with Gasteiger partial charge in [-0.25, -0.2) is 15.0 Å². The van der Waals surface area contributed by atoms with Crippen molar-refractivity contribution in [2.24, 2.45) is 5.73 Å². The van der Waals surface area contributed by atoms with Gasteiger partial charge in [-0.3, -0.25) is 9.47 Å². The molecule has 1 aromatic rings. The number of urea groups is 1. The Balaban J connectivity index is 3.19. The SMILES string of the molecule is CCOC(=O)c1cc(CC(=O)OC)n(NC(N)=O)c1C. The van der Waals surface area contributed by atoms with Gasteiger partial charge in [0, 0.05) is 0 Å². The van der Waals surface area contributed by atoms with Crippen molar-refractivity contribution in [1.82, 2.24) is 4.68 Å². The molecule has 0 aliphatic carbocycles. The number of primary amides is 1. The molecule has 8 heteroatoms. The molecule has 0 radical (unpaired) electrons. The van der Waals surface area contributed by atoms with Crippen LogP contribution < -0.4 is 11.2 Å². The topological polar surface area (TPSA) is 113 Å². The highest BCUT2D eigenvalue weighted by Gasteiger charge is 2.21. The van der Waals surface area contributed by atoms with Crippen LogP contribution in [0.4, 0.5) is 4.79 Å². The van der Waals surface area contributed by atoms with Crippen LogP contribution in [0.5, 0.6) is 0 Å². The van der Waals surface area contributed by atoms with Gasteiger partial charge in [0.1, 0.15) is 0 Å². The number of aromatic nitrogens is 1. The van der Waals surface area contributed by atoms with Crippen molar-refractivity contribution in [3.63, 3.8) is 0 Å². The number of nitrogens with two attached hydrogens (primary N) is 1. The standard InChI is InChI=1S/C12H17N3O5/c1-4-20-11(17)9-5-8(6-10(16)19-3)15(7(9)2)14-12(13)18/h5H,4,6H2,1-3H3,(H3,13,14,18). The second-order valence-corrected chi connectivity index (χ2v) is 3.92. The van der Waals surface area contributed by atoms with Gasteiger partial charge in [0.15, 0.2) is 0 Å². The summed E-state index contributed by atoms with van der Waals surface area (Å²) in [7, 11) is 1.25. The van der Waals surface area contributed by atoms with Crippen LogP contribution in [0.25, 0.3) is 0 Å². The van der Waals surface area contributed by atoms with E-state index in [0.29, 0.717) is 11.4 Å². The Hall–Kier alpha value is -2.51. The smallest absolute Gasteiger partial charge is 0.340 e. The lowest BCUT2D eigenvalue weighted by molar-refractivity contribution is -0.139. The van der Waals surface area contributed by atoms with Crippen LogP contribution in [0.1, 0.15) is 28.7 Å². The molecule has 110 valence electrons. The number of ether oxygens (including phenoxy) is 2. The summed E-state index contributed by atoms with van der Waals surface area (Å²) >= 11 is 0. The average molecular weight is 283 g/mol. The Morgan fingerprint density at radius 3 is 2.55 bits per heavy atom. The van der Waals surface area contributed by atoms with Crippen molar-refractivity contribution in [1.29, 1.82) is 0 Å². The molecule has 2 amide bonds. The van der Waals surface area contributed by atoms with Gasteiger partial charge in [-0.15, -0.1) is 0 Å². The number of esters is 2. The molecule has 8 nitrogen and oxygen atoms in total. The molecule has 3 N–H and O–H groups in total. The van der Waals surface area contributed by atoms with Crippen molar-refractivity contribution >= 4 is 18.0 Å². The molecule has 1 aromatic heterocycles. The number of methoxy groups -OCH3 is 1. The number of nitrogens with zero attached hydrogens (tertiary/aromatic N) is 1. The van der Waals surface area contributed by atoms with E-state index < -0.39 is 18.0 Å². The average Bonchev–Trinajstić information content (AvgIpc) is 2.67. The maximum atomic E-state index is 11.8. The summed E-state index contributed by atoms with van der Waals surface area (Å²) in [4.78, 5) is 34.1. The predicted octanol–water partition coefficient (Wildman–Crippen LogP) is 0.311. The van der Waals surface area contributed by atoms with Crippen LogP contribution in [0.3, 0.4) is 0 Å². The van der Waals surface area contributed by atoms with Crippen LogP contribution in [0, 0.1) is 6.92 Å². The summed E-state index contributed by atoms with van der Waals surface area (Å²) in [6.45, 7) is 3.50. The fraction of sp³-hybridized carbons (Fsp3) is 0.417. The molecule has 0 aliphatic rings. The number of rotatable bonds is 5. The summed E-state index contributed by atoms with van der Waals surface area (Å²) in [5.74, 6) is -1.05. The summed E-state index contributed by atoms with van der Waals surface area (Å²) in [6.07, 6.45) is -0.114. The van der Waals surface area contributed by atoms with E-state index in [-0.39, 0.29) is 18.6 Å². The van der Waals surface area contributed by atoms with Crippen LogP contribution in [0.2, 0.25) is 0 Å². The molecule has 0 aromatic carbocycles. The maximum Gasteiger partial charge on any atom is 0.340 e. The molecule has 0 aliphatic heterocycles. The summed E-state index contributed by atoms with van der Waals surface area (Å²) in [5.41, 5.74) is 8.43. The zero-order valence-electron chi connectivity index (χ0n) is 11.6. The lowest BCUT2D eigenvalue weighted by atomic mass is 10.2. The normalized spacial score (nSPS) is 9.95. The Morgan fingerprint density at radius 1 is 1.40 bits per heavy atom. The molecule has 0 spiro atoms. The first-order valence-electron chi connectivity index (χ1n) is 5.92. The molecule has 0 saturated carbocycles. The first kappa shape index (κ1) is 15.5. The highest BCUT2D eigenvalue weighted by molar-refractivity contribution is 5.92. The van der Waals surface area contributed by atoms with E-state index in [9.17, 15) is 14.4 Å². The van der Waals surface area contributed by atoms with Gasteiger partial charge >= 0.3 is 18.0 Å². The second-order valence-electron chi connectivity index (χ2n) is 3.92. The third-order valence-electron chi connectivity index (χ3n) is 2.59. The van der Waals surface area contributed by atoms with E-state index >= 15 is 0 Å². The van der Waals surface area contributed by atoms with E-state index in [1.165, 1.54) is 17.9 Å². The van der Waals surface area contributed by atoms with Gasteiger partial charge in [-0.1, -0.05) is 0 Å². The lowest BCUT2D eigenvalue weighted by Crippen LogP contribution is -2.31. The molecule has 0 fully saturated rings. The van der Waals surface area contributed by atoms with Gasteiger partial charge in [-0.05, 0) is 19.9 Å². The fourth-order valence-electron chi connectivity index (χ4n) is 1.70. The summed E-state index contributed by atoms with van der Waals surface area (Å²) < 4.78 is 10.7. The number of hydrogen-bond acceptors (Lipinski definition) is 5. The Morgan fingerprint density at radius 2 is 2.05 bits per heavy atom. The molecule has 0 unspecified atom stereocenters. The molecular formula is C12H17N3O5. The van der Waals surface area contributed by atoms with Crippen LogP contribution >= 0.6 is 0 Å². The van der Waals surface area contributed by atoms with E-state index in [1.54, 1.807) is 13.8 Å². The summed E-state index contributed by atoms with van der Waals surface area (Å²) in [6, 6.07) is 0.644. The number of hydrogen-bond donors (Lipinski definition) is 2. The third-order valence-corrected chi connectivity index (χ3v) is 2.59. The minimum absolute atomic E-state index is 0.114. The Bertz CT molecular complexity index is 535. The van der Waals surface area contributed by atoms with Gasteiger partial charge in [-0.2, -0.15) is 0 Å². The number of amides is 2. The van der Waals surface area contributed by atoms with Gasteiger partial charge < -0.3 is 15.2 Å². The van der Waals surface area contributed by atoms with Crippen LogP contribution in [0.15, 0.2) is 6.07 Å². The first-order valence-corrected chi connectivity index (χ1v) is 5.92. The van der Waals surface area contributed by atoms with E-state index in [0.717, 1.165) is 0 Å². The van der Waals surface area contributed by atoms with Gasteiger partial charge in [0.2, 0.25) is 0 Å². The van der Waals surface area contributed by atoms with Crippen LogP contribution in [-0.2, 0) is 20.7 Å². The molecule has 1 heterocycles. The van der Waals surface area contributed by atoms with Crippen LogP contribution in [-0.4, -0.2) is 36.4 Å². The monoisotopic (exact) mass is 283 g/mol. The molecule has 0 saturated heterocycles. The molecule has 0 bridgehead atoms.